The number of aliphatic hydroxyl groups excluding tert-OH is 3. The first-order valence-corrected chi connectivity index (χ1v) is 27.4. The minimum Gasteiger partial charge on any atom is -0.465 e. The van der Waals surface area contributed by atoms with Crippen molar-refractivity contribution in [1.29, 1.82) is 0 Å². The number of aromatic nitrogens is 4. The van der Waals surface area contributed by atoms with Gasteiger partial charge < -0.3 is 39.6 Å². The van der Waals surface area contributed by atoms with Crippen molar-refractivity contribution in [2.75, 3.05) is 66.7 Å². The van der Waals surface area contributed by atoms with Crippen LogP contribution >= 0.6 is 65.8 Å². The first-order valence-electron chi connectivity index (χ1n) is 21.4. The van der Waals surface area contributed by atoms with E-state index in [9.17, 15) is 34.2 Å². The van der Waals surface area contributed by atoms with Gasteiger partial charge in [-0.25, -0.2) is 39.6 Å². The number of anilines is 3. The van der Waals surface area contributed by atoms with Crippen molar-refractivity contribution in [2.45, 2.75) is 38.0 Å². The van der Waals surface area contributed by atoms with Crippen LogP contribution in [-0.4, -0.2) is 145 Å². The molecule has 25 heteroatoms. The third-order valence-corrected chi connectivity index (χ3v) is 15.2. The number of halogens is 1. The number of imidazole rings is 1. The van der Waals surface area contributed by atoms with E-state index in [4.69, 9.17) is 24.1 Å². The van der Waals surface area contributed by atoms with Crippen LogP contribution in [0.2, 0.25) is 0 Å². The van der Waals surface area contributed by atoms with E-state index in [1.54, 1.807) is 0 Å². The number of amides is 5. The molecule has 2 aliphatic heterocycles. The maximum atomic E-state index is 13.0. The highest BCUT2D eigenvalue weighted by molar-refractivity contribution is 14.1. The molecule has 2 aliphatic rings. The molecule has 4 heterocycles. The largest absolute Gasteiger partial charge is 0.465 e. The maximum absolute atomic E-state index is 13.0. The number of urea groups is 1. The van der Waals surface area contributed by atoms with Crippen molar-refractivity contribution in [3.8, 4) is 0 Å². The monoisotopic (exact) mass is 1150 g/mol. The summed E-state index contributed by atoms with van der Waals surface area (Å²) in [6.07, 6.45) is -0.996. The lowest BCUT2D eigenvalue weighted by Crippen LogP contribution is -2.46. The predicted molar refractivity (Wildman–Crippen MR) is 279 cm³/mol. The summed E-state index contributed by atoms with van der Waals surface area (Å²) in [4.78, 5) is 76.2. The Labute approximate surface area is 432 Å². The lowest BCUT2D eigenvalue weighted by atomic mass is 10.1. The fraction of sp³-hybridized carbons (Fsp3) is 0.333. The van der Waals surface area contributed by atoms with Crippen LogP contribution in [0, 0.1) is 3.57 Å². The topological polar surface area (TPSA) is 257 Å². The van der Waals surface area contributed by atoms with Crippen molar-refractivity contribution in [3.63, 3.8) is 0 Å². The Kier molecular flexibility index (Phi) is 21.3. The Morgan fingerprint density at radius 3 is 2.07 bits per heavy atom. The number of imide groups is 2. The van der Waals surface area contributed by atoms with Crippen molar-refractivity contribution < 1.29 is 58.2 Å². The van der Waals surface area contributed by atoms with Crippen molar-refractivity contribution in [1.82, 2.24) is 29.7 Å². The van der Waals surface area contributed by atoms with Crippen LogP contribution in [0.25, 0.3) is 23.3 Å². The van der Waals surface area contributed by atoms with E-state index in [0.29, 0.717) is 62.8 Å². The Bertz CT molecular complexity index is 2580. The van der Waals surface area contributed by atoms with Crippen LogP contribution < -0.4 is 15.5 Å². The van der Waals surface area contributed by atoms with Gasteiger partial charge in [0.2, 0.25) is 0 Å². The number of nitrogens with zero attached hydrogens (tertiary/aromatic N) is 6. The van der Waals surface area contributed by atoms with E-state index >= 15 is 0 Å². The minimum atomic E-state index is -1.63. The van der Waals surface area contributed by atoms with Crippen LogP contribution in [0.4, 0.5) is 31.6 Å². The molecular formula is C45H49IN8O12S4. The molecular weight excluding hydrogens is 1100 g/mol. The zero-order chi connectivity index (χ0) is 50.0. The molecule has 1 fully saturated rings. The summed E-state index contributed by atoms with van der Waals surface area (Å²) >= 11 is 2.24. The maximum Gasteiger partial charge on any atom is 0.416 e. The van der Waals surface area contributed by atoms with Gasteiger partial charge in [0.1, 0.15) is 38.4 Å². The zero-order valence-electron chi connectivity index (χ0n) is 37.6. The molecule has 5 N–H and O–H groups in total. The van der Waals surface area contributed by atoms with Gasteiger partial charge in [0.15, 0.2) is 29.3 Å². The summed E-state index contributed by atoms with van der Waals surface area (Å²) in [6, 6.07) is 22.4. The second-order valence-corrected chi connectivity index (χ2v) is 21.3. The summed E-state index contributed by atoms with van der Waals surface area (Å²) in [6.45, 7) is 2.43. The molecule has 372 valence electrons. The Hall–Kier alpha value is -5.13. The fourth-order valence-electron chi connectivity index (χ4n) is 6.67. The molecule has 0 spiro atoms. The number of hydrogen-bond donors (Lipinski definition) is 5. The molecule has 70 heavy (non-hydrogen) atoms. The van der Waals surface area contributed by atoms with E-state index in [-0.39, 0.29) is 32.4 Å². The van der Waals surface area contributed by atoms with Gasteiger partial charge in [-0.3, -0.25) is 19.1 Å². The molecule has 1 saturated heterocycles. The van der Waals surface area contributed by atoms with Crippen molar-refractivity contribution >= 4 is 136 Å². The van der Waals surface area contributed by atoms with Gasteiger partial charge in [0.05, 0.1) is 24.3 Å². The number of alkyl carbamates (subject to hydrolysis) is 1. The molecule has 3 aromatic carbocycles. The van der Waals surface area contributed by atoms with Gasteiger partial charge in [-0.1, -0.05) is 104 Å². The van der Waals surface area contributed by atoms with Crippen LogP contribution in [0.15, 0.2) is 85.5 Å². The summed E-state index contributed by atoms with van der Waals surface area (Å²) in [7, 11) is 7.07. The molecule has 0 unspecified atom stereocenters. The van der Waals surface area contributed by atoms with Crippen molar-refractivity contribution in [3.05, 3.63) is 106 Å². The quantitative estimate of drug-likeness (QED) is 0.0200. The third kappa shape index (κ3) is 15.0. The standard InChI is InChI=1S/C25H29IN6O8S2.C20H20N2O4S2/c1-14(33)38-6-8-41-42-9-7-39-25(37)31(2)23(36)20-18(34)19(35)24(40-20)32-13-30-17-21(28-12-29-22(17)32)27-11-15-4-3-5-16(26)10-15;23-11-13-27-28-14-12-26-20(25)21-19(24)22-17-7-3-1-5-15(17)9-10-16-6-2-4-8-18(16)22/h3-5,10,12-13,18-20,24,34-35H,6-9,11H2,1-2H3,(H,27,28,29);1-10,23H,11-14H2,(H,21,24,25)/t18-,19+,20-,24+;/m0./s1. The van der Waals surface area contributed by atoms with Gasteiger partial charge in [0, 0.05) is 47.1 Å². The lowest BCUT2D eigenvalue weighted by Gasteiger charge is -2.24. The van der Waals surface area contributed by atoms with Crippen LogP contribution in [-0.2, 0) is 35.1 Å². The number of benzene rings is 3. The lowest BCUT2D eigenvalue weighted by molar-refractivity contribution is -0.145. The van der Waals surface area contributed by atoms with Crippen LogP contribution in [0.1, 0.15) is 29.8 Å². The molecule has 0 saturated carbocycles. The second-order valence-electron chi connectivity index (χ2n) is 14.7. The first-order chi connectivity index (χ1) is 33.9. The highest BCUT2D eigenvalue weighted by Gasteiger charge is 2.49. The molecule has 4 atom stereocenters. The minimum absolute atomic E-state index is 0.0294. The van der Waals surface area contributed by atoms with Gasteiger partial charge in [-0.15, -0.1) is 0 Å². The number of rotatable bonds is 18. The third-order valence-electron chi connectivity index (χ3n) is 9.88. The number of nitrogens with one attached hydrogen (secondary N) is 2. The number of aliphatic hydroxyl groups is 3. The van der Waals surface area contributed by atoms with E-state index in [1.807, 2.05) is 84.9 Å². The normalized spacial score (nSPS) is 16.7. The SMILES string of the molecule is CC(=O)OCCSSCCOC(=O)N(C)C(=O)[C@H]1O[C@@H](n2cnc3c(NCc4cccc(I)c4)ncnc32)[C@H](O)[C@@H]1O.O=C(NC(=O)N1c2ccccc2C=Cc2ccccc21)OCCSSCCO. The molecule has 2 aromatic heterocycles. The highest BCUT2D eigenvalue weighted by atomic mass is 127. The highest BCUT2D eigenvalue weighted by Crippen LogP contribution is 2.37. The second kappa shape index (κ2) is 27.5. The summed E-state index contributed by atoms with van der Waals surface area (Å²) in [5.41, 5.74) is 4.89. The Morgan fingerprint density at radius 1 is 0.800 bits per heavy atom. The number of esters is 1. The van der Waals surface area contributed by atoms with E-state index in [2.05, 4.69) is 48.2 Å². The van der Waals surface area contributed by atoms with Gasteiger partial charge in [0.25, 0.3) is 5.91 Å². The summed E-state index contributed by atoms with van der Waals surface area (Å²) in [5.74, 6) is 1.46. The smallest absolute Gasteiger partial charge is 0.416 e. The number of fused-ring (bicyclic) bond motifs is 3. The molecule has 5 aromatic rings. The molecule has 5 amide bonds. The van der Waals surface area contributed by atoms with Gasteiger partial charge in [-0.2, -0.15) is 0 Å². The number of hydrogen-bond acceptors (Lipinski definition) is 20. The van der Waals surface area contributed by atoms with E-state index in [1.165, 1.54) is 79.3 Å². The van der Waals surface area contributed by atoms with Crippen molar-refractivity contribution in [2.24, 2.45) is 0 Å². The number of likely N-dealkylation sites (N-methyl/N-ethyl adjacent to an activating group) is 1. The van der Waals surface area contributed by atoms with E-state index in [0.717, 1.165) is 20.3 Å². The van der Waals surface area contributed by atoms with Gasteiger partial charge >= 0.3 is 24.2 Å². The fourth-order valence-corrected chi connectivity index (χ4v) is 10.5. The molecule has 0 aliphatic carbocycles. The number of para-hydroxylation sites is 2. The Morgan fingerprint density at radius 2 is 1.43 bits per heavy atom. The molecule has 7 rings (SSSR count). The summed E-state index contributed by atoms with van der Waals surface area (Å²) in [5, 5.41) is 35.7. The van der Waals surface area contributed by atoms with Gasteiger partial charge in [-0.05, 0) is 63.5 Å². The van der Waals surface area contributed by atoms with Crippen LogP contribution in [0.3, 0.4) is 0 Å². The number of carbonyl (C=O) groups excluding carboxylic acids is 5. The average molecular weight is 1150 g/mol. The predicted octanol–water partition coefficient (Wildman–Crippen LogP) is 6.73. The molecule has 20 nitrogen and oxygen atoms in total. The molecule has 0 radical (unpaired) electrons. The number of ether oxygens (including phenoxy) is 4. The van der Waals surface area contributed by atoms with Crippen LogP contribution in [0.5, 0.6) is 0 Å². The number of carbonyl (C=O) groups is 5. The zero-order valence-corrected chi connectivity index (χ0v) is 43.0. The molecule has 0 bridgehead atoms. The summed E-state index contributed by atoms with van der Waals surface area (Å²) < 4.78 is 23.3. The average Bonchev–Trinajstić information content (AvgIpc) is 3.86. The Balaban J connectivity index is 0.000000249. The van der Waals surface area contributed by atoms with E-state index < -0.39 is 48.7 Å². The first kappa shape index (κ1) is 54.2.